The standard InChI is InChI=1S/C16H20O/c1-11(2)15-9-8-14(17)10-16(15)13-6-4-12(3)5-7-13/h4-7,15-16H,1,8-10H2,2-3H3/t15-,16-/m0/s1. The van der Waals surface area contributed by atoms with Crippen molar-refractivity contribution >= 4 is 5.78 Å². The smallest absolute Gasteiger partial charge is 0.133 e. The molecule has 1 aromatic carbocycles. The fourth-order valence-electron chi connectivity index (χ4n) is 2.76. The van der Waals surface area contributed by atoms with E-state index in [9.17, 15) is 4.79 Å². The zero-order chi connectivity index (χ0) is 12.4. The van der Waals surface area contributed by atoms with Crippen molar-refractivity contribution in [2.45, 2.75) is 39.0 Å². The second-order valence-corrected chi connectivity index (χ2v) is 5.25. The number of allylic oxidation sites excluding steroid dienone is 1. The third-order valence-corrected chi connectivity index (χ3v) is 3.81. The molecule has 1 aliphatic carbocycles. The summed E-state index contributed by atoms with van der Waals surface area (Å²) in [6.07, 6.45) is 2.37. The van der Waals surface area contributed by atoms with E-state index >= 15 is 0 Å². The van der Waals surface area contributed by atoms with E-state index in [1.54, 1.807) is 0 Å². The summed E-state index contributed by atoms with van der Waals surface area (Å²) in [5.74, 6) is 1.21. The molecule has 0 bridgehead atoms. The molecule has 1 aliphatic rings. The molecule has 1 nitrogen and oxygen atoms in total. The summed E-state index contributed by atoms with van der Waals surface area (Å²) < 4.78 is 0. The van der Waals surface area contributed by atoms with Crippen molar-refractivity contribution in [1.29, 1.82) is 0 Å². The van der Waals surface area contributed by atoms with Gasteiger partial charge in [0, 0.05) is 12.8 Å². The number of Topliss-reactive ketones (excluding diaryl/α,β-unsaturated/α-hetero) is 1. The van der Waals surface area contributed by atoms with Gasteiger partial charge < -0.3 is 0 Å². The van der Waals surface area contributed by atoms with Gasteiger partial charge in [-0.15, -0.1) is 0 Å². The minimum atomic E-state index is 0.342. The van der Waals surface area contributed by atoms with Gasteiger partial charge in [0.1, 0.15) is 5.78 Å². The molecule has 0 spiro atoms. The molecule has 0 heterocycles. The highest BCUT2D eigenvalue weighted by Gasteiger charge is 2.30. The Labute approximate surface area is 104 Å². The summed E-state index contributed by atoms with van der Waals surface area (Å²) in [6.45, 7) is 8.26. The largest absolute Gasteiger partial charge is 0.300 e. The van der Waals surface area contributed by atoms with Crippen LogP contribution >= 0.6 is 0 Å². The van der Waals surface area contributed by atoms with Crippen LogP contribution in [0.15, 0.2) is 36.4 Å². The van der Waals surface area contributed by atoms with E-state index < -0.39 is 0 Å². The predicted molar refractivity (Wildman–Crippen MR) is 71.1 cm³/mol. The van der Waals surface area contributed by atoms with E-state index in [2.05, 4.69) is 44.7 Å². The van der Waals surface area contributed by atoms with Gasteiger partial charge in [0.15, 0.2) is 0 Å². The topological polar surface area (TPSA) is 17.1 Å². The van der Waals surface area contributed by atoms with Gasteiger partial charge in [-0.25, -0.2) is 0 Å². The molecular formula is C16H20O. The first-order chi connectivity index (χ1) is 8.08. The number of hydrogen-bond donors (Lipinski definition) is 0. The van der Waals surface area contributed by atoms with Crippen LogP contribution in [0.3, 0.4) is 0 Å². The highest BCUT2D eigenvalue weighted by molar-refractivity contribution is 5.80. The molecular weight excluding hydrogens is 208 g/mol. The van der Waals surface area contributed by atoms with Gasteiger partial charge in [-0.2, -0.15) is 0 Å². The molecule has 1 heteroatoms. The van der Waals surface area contributed by atoms with Crippen molar-refractivity contribution in [1.82, 2.24) is 0 Å². The lowest BCUT2D eigenvalue weighted by Crippen LogP contribution is -2.24. The highest BCUT2D eigenvalue weighted by atomic mass is 16.1. The average molecular weight is 228 g/mol. The van der Waals surface area contributed by atoms with Crippen LogP contribution in [-0.4, -0.2) is 5.78 Å². The number of aryl methyl sites for hydroxylation is 1. The second-order valence-electron chi connectivity index (χ2n) is 5.25. The van der Waals surface area contributed by atoms with Crippen LogP contribution in [-0.2, 0) is 4.79 Å². The molecule has 0 amide bonds. The minimum absolute atomic E-state index is 0.342. The predicted octanol–water partition coefficient (Wildman–Crippen LogP) is 4.02. The van der Waals surface area contributed by atoms with Crippen molar-refractivity contribution in [3.8, 4) is 0 Å². The Kier molecular flexibility index (Phi) is 3.46. The number of hydrogen-bond acceptors (Lipinski definition) is 1. The van der Waals surface area contributed by atoms with Crippen molar-refractivity contribution in [3.63, 3.8) is 0 Å². The fraction of sp³-hybridized carbons (Fsp3) is 0.438. The Morgan fingerprint density at radius 1 is 1.29 bits per heavy atom. The number of benzene rings is 1. The third-order valence-electron chi connectivity index (χ3n) is 3.81. The SMILES string of the molecule is C=C(C)[C@@H]1CCC(=O)C[C@H]1c1ccc(C)cc1. The molecule has 0 saturated heterocycles. The Balaban J connectivity index is 2.28. The molecule has 1 aromatic rings. The Bertz CT molecular complexity index is 427. The molecule has 90 valence electrons. The van der Waals surface area contributed by atoms with Gasteiger partial charge in [-0.1, -0.05) is 42.0 Å². The number of rotatable bonds is 2. The van der Waals surface area contributed by atoms with Gasteiger partial charge in [0.2, 0.25) is 0 Å². The molecule has 0 unspecified atom stereocenters. The van der Waals surface area contributed by atoms with Crippen molar-refractivity contribution in [2.75, 3.05) is 0 Å². The summed E-state index contributed by atoms with van der Waals surface area (Å²) in [7, 11) is 0. The molecule has 0 radical (unpaired) electrons. The van der Waals surface area contributed by atoms with Crippen molar-refractivity contribution in [2.24, 2.45) is 5.92 Å². The lowest BCUT2D eigenvalue weighted by Gasteiger charge is -2.31. The maximum absolute atomic E-state index is 11.7. The normalized spacial score (nSPS) is 24.7. The first kappa shape index (κ1) is 12.1. The molecule has 2 atom stereocenters. The molecule has 2 rings (SSSR count). The molecule has 1 saturated carbocycles. The van der Waals surface area contributed by atoms with Crippen LogP contribution in [0.2, 0.25) is 0 Å². The maximum atomic E-state index is 11.7. The summed E-state index contributed by atoms with van der Waals surface area (Å²) in [5.41, 5.74) is 3.77. The second kappa shape index (κ2) is 4.87. The summed E-state index contributed by atoms with van der Waals surface area (Å²) >= 11 is 0. The van der Waals surface area contributed by atoms with E-state index in [4.69, 9.17) is 0 Å². The van der Waals surface area contributed by atoms with Gasteiger partial charge in [-0.05, 0) is 37.7 Å². The average Bonchev–Trinajstić information content (AvgIpc) is 2.29. The van der Waals surface area contributed by atoms with Gasteiger partial charge >= 0.3 is 0 Å². The van der Waals surface area contributed by atoms with Crippen LogP contribution in [0.1, 0.15) is 43.2 Å². The molecule has 0 aliphatic heterocycles. The first-order valence-corrected chi connectivity index (χ1v) is 6.31. The van der Waals surface area contributed by atoms with E-state index in [1.807, 2.05) is 0 Å². The van der Waals surface area contributed by atoms with Gasteiger partial charge in [0.05, 0.1) is 0 Å². The molecule has 17 heavy (non-hydrogen) atoms. The first-order valence-electron chi connectivity index (χ1n) is 6.31. The van der Waals surface area contributed by atoms with E-state index in [-0.39, 0.29) is 0 Å². The molecule has 1 fully saturated rings. The fourth-order valence-corrected chi connectivity index (χ4v) is 2.76. The van der Waals surface area contributed by atoms with Crippen LogP contribution in [0.5, 0.6) is 0 Å². The molecule has 0 N–H and O–H groups in total. The van der Waals surface area contributed by atoms with Gasteiger partial charge in [-0.3, -0.25) is 4.79 Å². The Hall–Kier alpha value is -1.37. The van der Waals surface area contributed by atoms with E-state index in [0.29, 0.717) is 24.0 Å². The summed E-state index contributed by atoms with van der Waals surface area (Å²) in [5, 5.41) is 0. The maximum Gasteiger partial charge on any atom is 0.133 e. The lowest BCUT2D eigenvalue weighted by molar-refractivity contribution is -0.121. The number of carbonyl (C=O) groups excluding carboxylic acids is 1. The van der Waals surface area contributed by atoms with Crippen LogP contribution in [0.25, 0.3) is 0 Å². The number of carbonyl (C=O) groups is 1. The van der Waals surface area contributed by atoms with E-state index in [1.165, 1.54) is 16.7 Å². The summed E-state index contributed by atoms with van der Waals surface area (Å²) in [6, 6.07) is 8.58. The van der Waals surface area contributed by atoms with Crippen LogP contribution in [0.4, 0.5) is 0 Å². The number of ketones is 1. The third kappa shape index (κ3) is 2.66. The van der Waals surface area contributed by atoms with Crippen molar-refractivity contribution < 1.29 is 4.79 Å². The van der Waals surface area contributed by atoms with Crippen LogP contribution in [0, 0.1) is 12.8 Å². The minimum Gasteiger partial charge on any atom is -0.300 e. The molecule has 0 aromatic heterocycles. The van der Waals surface area contributed by atoms with E-state index in [0.717, 1.165) is 12.8 Å². The Morgan fingerprint density at radius 3 is 2.53 bits per heavy atom. The summed E-state index contributed by atoms with van der Waals surface area (Å²) in [4.78, 5) is 11.7. The van der Waals surface area contributed by atoms with Crippen molar-refractivity contribution in [3.05, 3.63) is 47.5 Å². The monoisotopic (exact) mass is 228 g/mol. The Morgan fingerprint density at radius 2 is 1.94 bits per heavy atom. The van der Waals surface area contributed by atoms with Gasteiger partial charge in [0.25, 0.3) is 0 Å². The lowest BCUT2D eigenvalue weighted by atomic mass is 9.72. The zero-order valence-electron chi connectivity index (χ0n) is 10.7. The quantitative estimate of drug-likeness (QED) is 0.699. The highest BCUT2D eigenvalue weighted by Crippen LogP contribution is 2.39. The zero-order valence-corrected chi connectivity index (χ0v) is 10.7. The van der Waals surface area contributed by atoms with Crippen LogP contribution < -0.4 is 0 Å².